The van der Waals surface area contributed by atoms with Gasteiger partial charge in [-0.15, -0.1) is 0 Å². The second-order valence-corrected chi connectivity index (χ2v) is 8.19. The second kappa shape index (κ2) is 10.6. The van der Waals surface area contributed by atoms with Gasteiger partial charge in [0.05, 0.1) is 0 Å². The van der Waals surface area contributed by atoms with Gasteiger partial charge in [-0.3, -0.25) is 4.90 Å². The lowest BCUT2D eigenvalue weighted by Crippen LogP contribution is -2.52. The topological polar surface area (TPSA) is 60.5 Å². The minimum absolute atomic E-state index is 0.00793. The smallest absolute Gasteiger partial charge is 0.315 e. The first-order valence-electron chi connectivity index (χ1n) is 11.2. The molecule has 156 valence electrons. The number of nitrogens with zero attached hydrogens (tertiary/aromatic N) is 3. The quantitative estimate of drug-likeness (QED) is 0.719. The first-order chi connectivity index (χ1) is 13.7. The number of aromatic nitrogens is 1. The Morgan fingerprint density at radius 1 is 1.14 bits per heavy atom. The van der Waals surface area contributed by atoms with E-state index < -0.39 is 0 Å². The van der Waals surface area contributed by atoms with E-state index in [9.17, 15) is 4.79 Å². The minimum atomic E-state index is -0.00793. The standard InChI is InChI=1S/C22H37N5O/c1-3-18(4-2)20(26-13-7-8-14-26)17-24-22(28)25-19-10-15-27(16-11-19)21-9-5-6-12-23-21/h5-6,9,12,18-20H,3-4,7-8,10-11,13-17H2,1-2H3,(H2,24,25,28). The molecule has 0 radical (unpaired) electrons. The van der Waals surface area contributed by atoms with Crippen LogP contribution in [0.5, 0.6) is 0 Å². The Balaban J connectivity index is 1.43. The van der Waals surface area contributed by atoms with Gasteiger partial charge in [-0.05, 0) is 56.8 Å². The summed E-state index contributed by atoms with van der Waals surface area (Å²) in [5.74, 6) is 1.68. The number of rotatable bonds is 8. The lowest BCUT2D eigenvalue weighted by molar-refractivity contribution is 0.161. The molecule has 2 aliphatic rings. The van der Waals surface area contributed by atoms with Gasteiger partial charge < -0.3 is 15.5 Å². The Morgan fingerprint density at radius 2 is 1.86 bits per heavy atom. The van der Waals surface area contributed by atoms with Crippen LogP contribution in [-0.4, -0.2) is 60.7 Å². The maximum atomic E-state index is 12.5. The zero-order valence-corrected chi connectivity index (χ0v) is 17.6. The minimum Gasteiger partial charge on any atom is -0.356 e. The van der Waals surface area contributed by atoms with Crippen LogP contribution in [0.4, 0.5) is 10.6 Å². The molecule has 1 aromatic heterocycles. The summed E-state index contributed by atoms with van der Waals surface area (Å²) in [6.07, 6.45) is 8.69. The third-order valence-electron chi connectivity index (χ3n) is 6.48. The van der Waals surface area contributed by atoms with Crippen LogP contribution < -0.4 is 15.5 Å². The summed E-state index contributed by atoms with van der Waals surface area (Å²) in [7, 11) is 0. The van der Waals surface area contributed by atoms with Crippen LogP contribution in [-0.2, 0) is 0 Å². The molecule has 0 bridgehead atoms. The summed E-state index contributed by atoms with van der Waals surface area (Å²) >= 11 is 0. The molecule has 2 aliphatic heterocycles. The Kier molecular flexibility index (Phi) is 7.95. The summed E-state index contributed by atoms with van der Waals surface area (Å²) in [6.45, 7) is 9.52. The van der Waals surface area contributed by atoms with E-state index in [1.54, 1.807) is 0 Å². The highest BCUT2D eigenvalue weighted by molar-refractivity contribution is 5.74. The van der Waals surface area contributed by atoms with E-state index in [0.29, 0.717) is 12.0 Å². The lowest BCUT2D eigenvalue weighted by Gasteiger charge is -2.35. The molecular weight excluding hydrogens is 350 g/mol. The Morgan fingerprint density at radius 3 is 2.46 bits per heavy atom. The third-order valence-corrected chi connectivity index (χ3v) is 6.48. The van der Waals surface area contributed by atoms with Gasteiger partial charge in [-0.25, -0.2) is 9.78 Å². The van der Waals surface area contributed by atoms with Crippen LogP contribution >= 0.6 is 0 Å². The van der Waals surface area contributed by atoms with E-state index >= 15 is 0 Å². The number of carbonyl (C=O) groups excluding carboxylic acids is 1. The number of hydrogen-bond acceptors (Lipinski definition) is 4. The van der Waals surface area contributed by atoms with Crippen LogP contribution in [0.3, 0.4) is 0 Å². The lowest BCUT2D eigenvalue weighted by atomic mass is 9.93. The molecule has 28 heavy (non-hydrogen) atoms. The fraction of sp³-hybridized carbons (Fsp3) is 0.727. The Labute approximate surface area is 170 Å². The normalized spacial score (nSPS) is 19.8. The molecule has 0 spiro atoms. The molecule has 1 unspecified atom stereocenters. The van der Waals surface area contributed by atoms with Crippen molar-refractivity contribution in [1.82, 2.24) is 20.5 Å². The number of urea groups is 1. The van der Waals surface area contributed by atoms with Gasteiger partial charge in [0.25, 0.3) is 0 Å². The maximum absolute atomic E-state index is 12.5. The van der Waals surface area contributed by atoms with Gasteiger partial charge in [0, 0.05) is 37.9 Å². The molecule has 3 heterocycles. The van der Waals surface area contributed by atoms with Crippen molar-refractivity contribution in [2.75, 3.05) is 37.6 Å². The molecule has 1 atom stereocenters. The van der Waals surface area contributed by atoms with Crippen LogP contribution in [0.1, 0.15) is 52.4 Å². The molecular formula is C22H37N5O. The zero-order valence-electron chi connectivity index (χ0n) is 17.6. The van der Waals surface area contributed by atoms with E-state index in [1.165, 1.54) is 38.8 Å². The first-order valence-corrected chi connectivity index (χ1v) is 11.2. The van der Waals surface area contributed by atoms with Gasteiger partial charge >= 0.3 is 6.03 Å². The number of hydrogen-bond donors (Lipinski definition) is 2. The van der Waals surface area contributed by atoms with E-state index in [2.05, 4.69) is 45.3 Å². The van der Waals surface area contributed by atoms with E-state index in [0.717, 1.165) is 38.3 Å². The molecule has 2 saturated heterocycles. The molecule has 6 nitrogen and oxygen atoms in total. The number of piperidine rings is 1. The molecule has 2 amide bonds. The Hall–Kier alpha value is -1.82. The van der Waals surface area contributed by atoms with Gasteiger partial charge in [0.1, 0.15) is 5.82 Å². The predicted octanol–water partition coefficient (Wildman–Crippen LogP) is 3.25. The number of carbonyl (C=O) groups is 1. The summed E-state index contributed by atoms with van der Waals surface area (Å²) in [5.41, 5.74) is 0. The van der Waals surface area contributed by atoms with Crippen LogP contribution in [0.15, 0.2) is 24.4 Å². The molecule has 3 rings (SSSR count). The molecule has 0 saturated carbocycles. The fourth-order valence-electron chi connectivity index (χ4n) is 4.73. The van der Waals surface area contributed by atoms with Crippen molar-refractivity contribution in [3.05, 3.63) is 24.4 Å². The SMILES string of the molecule is CCC(CC)C(CNC(=O)NC1CCN(c2ccccn2)CC1)N1CCCC1. The van der Waals surface area contributed by atoms with E-state index in [-0.39, 0.29) is 12.1 Å². The zero-order chi connectivity index (χ0) is 19.8. The number of pyridine rings is 1. The highest BCUT2D eigenvalue weighted by atomic mass is 16.2. The van der Waals surface area contributed by atoms with Crippen LogP contribution in [0, 0.1) is 5.92 Å². The largest absolute Gasteiger partial charge is 0.356 e. The summed E-state index contributed by atoms with van der Waals surface area (Å²) in [6, 6.07) is 6.73. The second-order valence-electron chi connectivity index (χ2n) is 8.19. The highest BCUT2D eigenvalue weighted by Gasteiger charge is 2.28. The molecule has 6 heteroatoms. The van der Waals surface area contributed by atoms with Crippen molar-refractivity contribution in [3.8, 4) is 0 Å². The van der Waals surface area contributed by atoms with Crippen molar-refractivity contribution in [1.29, 1.82) is 0 Å². The van der Waals surface area contributed by atoms with Crippen molar-refractivity contribution in [2.45, 2.75) is 64.5 Å². The summed E-state index contributed by atoms with van der Waals surface area (Å²) in [4.78, 5) is 21.8. The van der Waals surface area contributed by atoms with Gasteiger partial charge in [0.15, 0.2) is 0 Å². The molecule has 0 aromatic carbocycles. The van der Waals surface area contributed by atoms with Crippen LogP contribution in [0.2, 0.25) is 0 Å². The highest BCUT2D eigenvalue weighted by Crippen LogP contribution is 2.22. The first kappa shape index (κ1) is 20.9. The van der Waals surface area contributed by atoms with Gasteiger partial charge in [0.2, 0.25) is 0 Å². The van der Waals surface area contributed by atoms with E-state index in [1.807, 2.05) is 18.3 Å². The number of anilines is 1. The molecule has 0 aliphatic carbocycles. The summed E-state index contributed by atoms with van der Waals surface area (Å²) < 4.78 is 0. The number of amides is 2. The monoisotopic (exact) mass is 387 g/mol. The van der Waals surface area contributed by atoms with Gasteiger partial charge in [-0.2, -0.15) is 0 Å². The maximum Gasteiger partial charge on any atom is 0.315 e. The van der Waals surface area contributed by atoms with E-state index in [4.69, 9.17) is 0 Å². The molecule has 2 fully saturated rings. The molecule has 2 N–H and O–H groups in total. The third kappa shape index (κ3) is 5.60. The van der Waals surface area contributed by atoms with Crippen LogP contribution in [0.25, 0.3) is 0 Å². The number of nitrogens with one attached hydrogen (secondary N) is 2. The average molecular weight is 388 g/mol. The van der Waals surface area contributed by atoms with Gasteiger partial charge in [-0.1, -0.05) is 32.8 Å². The molecule has 1 aromatic rings. The van der Waals surface area contributed by atoms with Crippen molar-refractivity contribution < 1.29 is 4.79 Å². The fourth-order valence-corrected chi connectivity index (χ4v) is 4.73. The average Bonchev–Trinajstić information content (AvgIpc) is 3.27. The number of likely N-dealkylation sites (tertiary alicyclic amines) is 1. The predicted molar refractivity (Wildman–Crippen MR) is 115 cm³/mol. The summed E-state index contributed by atoms with van der Waals surface area (Å²) in [5, 5.41) is 6.38. The van der Waals surface area contributed by atoms with Crippen molar-refractivity contribution in [3.63, 3.8) is 0 Å². The van der Waals surface area contributed by atoms with Crippen molar-refractivity contribution in [2.24, 2.45) is 5.92 Å². The van der Waals surface area contributed by atoms with Crippen molar-refractivity contribution >= 4 is 11.8 Å². The Bertz CT molecular complexity index is 576.